The van der Waals surface area contributed by atoms with Crippen LogP contribution in [0.15, 0.2) is 60.9 Å². The van der Waals surface area contributed by atoms with Crippen molar-refractivity contribution in [3.8, 4) is 0 Å². The lowest BCUT2D eigenvalue weighted by molar-refractivity contribution is -0.119. The molecule has 0 unspecified atom stereocenters. The average Bonchev–Trinajstić information content (AvgIpc) is 3.43. The first-order valence-electron chi connectivity index (χ1n) is 8.92. The smallest absolute Gasteiger partial charge is 0.230 e. The van der Waals surface area contributed by atoms with Crippen LogP contribution in [0.3, 0.4) is 0 Å². The third-order valence-electron chi connectivity index (χ3n) is 4.72. The van der Waals surface area contributed by atoms with Crippen molar-refractivity contribution >= 4 is 34.8 Å². The first-order chi connectivity index (χ1) is 13.1. The summed E-state index contributed by atoms with van der Waals surface area (Å²) in [5.74, 6) is 1.12. The van der Waals surface area contributed by atoms with E-state index in [-0.39, 0.29) is 11.8 Å². The summed E-state index contributed by atoms with van der Waals surface area (Å²) in [6.45, 7) is 1.00. The fourth-order valence-corrected chi connectivity index (χ4v) is 3.53. The molecule has 27 heavy (non-hydrogen) atoms. The Bertz CT molecular complexity index is 951. The van der Waals surface area contributed by atoms with E-state index in [0.29, 0.717) is 23.1 Å². The summed E-state index contributed by atoms with van der Waals surface area (Å²) >= 11 is 12.3. The topological polar surface area (TPSA) is 38.1 Å². The number of benzene rings is 2. The molecule has 1 aliphatic rings. The van der Waals surface area contributed by atoms with E-state index >= 15 is 0 Å². The molecule has 1 heterocycles. The first-order valence-corrected chi connectivity index (χ1v) is 9.68. The van der Waals surface area contributed by atoms with Crippen molar-refractivity contribution in [3.63, 3.8) is 0 Å². The van der Waals surface area contributed by atoms with Gasteiger partial charge in [0.15, 0.2) is 0 Å². The molecule has 0 atom stereocenters. The van der Waals surface area contributed by atoms with Crippen LogP contribution in [0, 0.1) is 5.92 Å². The van der Waals surface area contributed by atoms with Gasteiger partial charge in [-0.2, -0.15) is 0 Å². The SMILES string of the molecule is O=C(C1CC1)N(Cc1nccn1Cc1ccc(Cl)cc1Cl)c1ccccc1. The molecule has 1 amide bonds. The van der Waals surface area contributed by atoms with Crippen LogP contribution < -0.4 is 4.90 Å². The predicted octanol–water partition coefficient (Wildman–Crippen LogP) is 5.18. The van der Waals surface area contributed by atoms with Crippen LogP contribution >= 0.6 is 23.2 Å². The number of anilines is 1. The molecule has 1 aliphatic carbocycles. The second-order valence-electron chi connectivity index (χ2n) is 6.74. The van der Waals surface area contributed by atoms with E-state index in [1.807, 2.05) is 58.1 Å². The van der Waals surface area contributed by atoms with E-state index < -0.39 is 0 Å². The standard InChI is InChI=1S/C21H19Cl2N3O/c22-17-9-8-16(19(23)12-17)13-25-11-10-24-20(25)14-26(21(27)15-6-7-15)18-4-2-1-3-5-18/h1-5,8-12,15H,6-7,13-14H2. The molecule has 4 nitrogen and oxygen atoms in total. The predicted molar refractivity (Wildman–Crippen MR) is 108 cm³/mol. The molecule has 4 rings (SSSR count). The van der Waals surface area contributed by atoms with Gasteiger partial charge in [0.2, 0.25) is 5.91 Å². The van der Waals surface area contributed by atoms with E-state index in [1.165, 1.54) is 0 Å². The lowest BCUT2D eigenvalue weighted by atomic mass is 10.2. The van der Waals surface area contributed by atoms with Crippen molar-refractivity contribution in [2.24, 2.45) is 5.92 Å². The Morgan fingerprint density at radius 3 is 2.63 bits per heavy atom. The number of aromatic nitrogens is 2. The number of amides is 1. The fourth-order valence-electron chi connectivity index (χ4n) is 3.07. The third kappa shape index (κ3) is 4.18. The molecular weight excluding hydrogens is 381 g/mol. The monoisotopic (exact) mass is 399 g/mol. The lowest BCUT2D eigenvalue weighted by Crippen LogP contribution is -2.32. The maximum absolute atomic E-state index is 12.8. The van der Waals surface area contributed by atoms with Gasteiger partial charge in [-0.15, -0.1) is 0 Å². The van der Waals surface area contributed by atoms with Crippen LogP contribution in [0.4, 0.5) is 5.69 Å². The van der Waals surface area contributed by atoms with Gasteiger partial charge in [-0.05, 0) is 42.7 Å². The number of nitrogens with zero attached hydrogens (tertiary/aromatic N) is 3. The molecule has 0 saturated heterocycles. The maximum atomic E-state index is 12.8. The zero-order valence-electron chi connectivity index (χ0n) is 14.7. The van der Waals surface area contributed by atoms with Crippen LogP contribution in [0.1, 0.15) is 24.2 Å². The Kier molecular flexibility index (Phi) is 5.19. The number of rotatable bonds is 6. The zero-order valence-corrected chi connectivity index (χ0v) is 16.2. The Labute approximate surface area is 168 Å². The third-order valence-corrected chi connectivity index (χ3v) is 5.30. The van der Waals surface area contributed by atoms with Crippen LogP contribution in [-0.4, -0.2) is 15.5 Å². The van der Waals surface area contributed by atoms with Crippen LogP contribution in [-0.2, 0) is 17.9 Å². The lowest BCUT2D eigenvalue weighted by Gasteiger charge is -2.23. The molecule has 3 aromatic rings. The number of hydrogen-bond donors (Lipinski definition) is 0. The van der Waals surface area contributed by atoms with Gasteiger partial charge < -0.3 is 9.47 Å². The summed E-state index contributed by atoms with van der Waals surface area (Å²) in [5.41, 5.74) is 1.86. The minimum Gasteiger partial charge on any atom is -0.329 e. The highest BCUT2D eigenvalue weighted by atomic mass is 35.5. The highest BCUT2D eigenvalue weighted by Gasteiger charge is 2.34. The number of halogens is 2. The van der Waals surface area contributed by atoms with E-state index in [1.54, 1.807) is 12.3 Å². The molecule has 1 saturated carbocycles. The van der Waals surface area contributed by atoms with E-state index in [4.69, 9.17) is 23.2 Å². The molecular formula is C21H19Cl2N3O. The van der Waals surface area contributed by atoms with Crippen LogP contribution in [0.5, 0.6) is 0 Å². The van der Waals surface area contributed by atoms with Crippen molar-refractivity contribution in [3.05, 3.63) is 82.4 Å². The highest BCUT2D eigenvalue weighted by molar-refractivity contribution is 6.35. The van der Waals surface area contributed by atoms with Gasteiger partial charge in [0.1, 0.15) is 5.82 Å². The largest absolute Gasteiger partial charge is 0.329 e. The van der Waals surface area contributed by atoms with E-state index in [9.17, 15) is 4.79 Å². The van der Waals surface area contributed by atoms with Gasteiger partial charge in [0, 0.05) is 34.0 Å². The second kappa shape index (κ2) is 7.75. The van der Waals surface area contributed by atoms with Gasteiger partial charge in [0.25, 0.3) is 0 Å². The summed E-state index contributed by atoms with van der Waals surface area (Å²) in [4.78, 5) is 19.2. The minimum absolute atomic E-state index is 0.138. The van der Waals surface area contributed by atoms with Crippen molar-refractivity contribution in [2.75, 3.05) is 4.90 Å². The zero-order chi connectivity index (χ0) is 18.8. The van der Waals surface area contributed by atoms with Gasteiger partial charge in [-0.1, -0.05) is 47.5 Å². The van der Waals surface area contributed by atoms with Crippen molar-refractivity contribution in [1.29, 1.82) is 0 Å². The number of para-hydroxylation sites is 1. The van der Waals surface area contributed by atoms with Crippen LogP contribution in [0.25, 0.3) is 0 Å². The van der Waals surface area contributed by atoms with Crippen molar-refractivity contribution in [1.82, 2.24) is 9.55 Å². The summed E-state index contributed by atoms with van der Waals surface area (Å²) in [5, 5.41) is 1.23. The molecule has 0 bridgehead atoms. The summed E-state index contributed by atoms with van der Waals surface area (Å²) in [7, 11) is 0. The first kappa shape index (κ1) is 18.1. The molecule has 0 spiro atoms. The molecule has 0 aliphatic heterocycles. The quantitative estimate of drug-likeness (QED) is 0.572. The van der Waals surface area contributed by atoms with Crippen LogP contribution in [0.2, 0.25) is 10.0 Å². The van der Waals surface area contributed by atoms with Crippen molar-refractivity contribution < 1.29 is 4.79 Å². The summed E-state index contributed by atoms with van der Waals surface area (Å²) in [6.07, 6.45) is 5.60. The van der Waals surface area contributed by atoms with E-state index in [0.717, 1.165) is 29.9 Å². The molecule has 0 N–H and O–H groups in total. The molecule has 6 heteroatoms. The maximum Gasteiger partial charge on any atom is 0.230 e. The van der Waals surface area contributed by atoms with E-state index in [2.05, 4.69) is 4.98 Å². The average molecular weight is 400 g/mol. The van der Waals surface area contributed by atoms with Gasteiger partial charge in [-0.25, -0.2) is 4.98 Å². The van der Waals surface area contributed by atoms with Gasteiger partial charge in [-0.3, -0.25) is 4.79 Å². The number of imidazole rings is 1. The molecule has 138 valence electrons. The van der Waals surface area contributed by atoms with Gasteiger partial charge in [0.05, 0.1) is 13.1 Å². The highest BCUT2D eigenvalue weighted by Crippen LogP contribution is 2.33. The second-order valence-corrected chi connectivity index (χ2v) is 7.58. The molecule has 1 aromatic heterocycles. The number of carbonyl (C=O) groups is 1. The number of carbonyl (C=O) groups excluding carboxylic acids is 1. The summed E-state index contributed by atoms with van der Waals surface area (Å²) in [6, 6.07) is 15.2. The Morgan fingerprint density at radius 2 is 1.93 bits per heavy atom. The Morgan fingerprint density at radius 1 is 1.15 bits per heavy atom. The molecule has 2 aromatic carbocycles. The Balaban J connectivity index is 1.59. The fraction of sp³-hybridized carbons (Fsp3) is 0.238. The van der Waals surface area contributed by atoms with Gasteiger partial charge >= 0.3 is 0 Å². The molecule has 0 radical (unpaired) electrons. The number of hydrogen-bond acceptors (Lipinski definition) is 2. The Hall–Kier alpha value is -2.30. The molecule has 1 fully saturated rings. The summed E-state index contributed by atoms with van der Waals surface area (Å²) < 4.78 is 2.02. The minimum atomic E-state index is 0.138. The normalized spacial score (nSPS) is 13.6. The van der Waals surface area contributed by atoms with Crippen molar-refractivity contribution in [2.45, 2.75) is 25.9 Å².